The van der Waals surface area contributed by atoms with Crippen LogP contribution in [0.5, 0.6) is 5.75 Å². The van der Waals surface area contributed by atoms with Crippen LogP contribution < -0.4 is 34.9 Å². The number of amides is 1. The van der Waals surface area contributed by atoms with E-state index in [1.54, 1.807) is 0 Å². The number of anilines is 1. The molecule has 3 aromatic rings. The molecule has 0 saturated carbocycles. The number of phenols is 1. The van der Waals surface area contributed by atoms with Crippen molar-refractivity contribution in [2.75, 3.05) is 5.32 Å². The topological polar surface area (TPSA) is 150 Å². The molecule has 0 radical (unpaired) electrons. The molecule has 11 heteroatoms. The van der Waals surface area contributed by atoms with Crippen molar-refractivity contribution in [3.63, 3.8) is 0 Å². The first-order chi connectivity index (χ1) is 12.6. The number of aromatic hydroxyl groups is 1. The van der Waals surface area contributed by atoms with E-state index in [2.05, 4.69) is 5.32 Å². The fourth-order valence-corrected chi connectivity index (χ4v) is 3.04. The summed E-state index contributed by atoms with van der Waals surface area (Å²) in [4.78, 5) is 21.9. The summed E-state index contributed by atoms with van der Waals surface area (Å²) < 4.78 is 33.5. The van der Waals surface area contributed by atoms with E-state index in [1.165, 1.54) is 36.4 Å². The van der Waals surface area contributed by atoms with Crippen LogP contribution in [0.1, 0.15) is 10.4 Å². The summed E-state index contributed by atoms with van der Waals surface area (Å²) in [6.45, 7) is 0. The number of carbonyl (C=O) groups excluding carboxylic acids is 1. The van der Waals surface area contributed by atoms with Gasteiger partial charge in [-0.05, 0) is 41.8 Å². The third-order valence-electron chi connectivity index (χ3n) is 3.77. The van der Waals surface area contributed by atoms with E-state index in [-0.39, 0.29) is 57.3 Å². The van der Waals surface area contributed by atoms with Crippen LogP contribution in [0.2, 0.25) is 0 Å². The van der Waals surface area contributed by atoms with Gasteiger partial charge in [0.1, 0.15) is 15.9 Å². The van der Waals surface area contributed by atoms with Gasteiger partial charge in [-0.3, -0.25) is 14.9 Å². The SMILES string of the molecule is O=C(Nc1ccc2c(O)cc(S(=O)(=O)[O-])cc2c1)c1cccc([N+](=O)[O-])c1.[Na+]. The number of benzene rings is 3. The van der Waals surface area contributed by atoms with Crippen molar-refractivity contribution in [3.05, 3.63) is 70.3 Å². The molecule has 3 rings (SSSR count). The van der Waals surface area contributed by atoms with E-state index < -0.39 is 31.6 Å². The van der Waals surface area contributed by atoms with E-state index in [0.717, 1.165) is 18.2 Å². The van der Waals surface area contributed by atoms with Crippen molar-refractivity contribution >= 4 is 38.2 Å². The second-order valence-corrected chi connectivity index (χ2v) is 6.97. The van der Waals surface area contributed by atoms with Gasteiger partial charge >= 0.3 is 29.6 Å². The maximum Gasteiger partial charge on any atom is 1.00 e. The number of nitrogens with one attached hydrogen (secondary N) is 1. The summed E-state index contributed by atoms with van der Waals surface area (Å²) in [5.41, 5.74) is 0.0678. The fraction of sp³-hybridized carbons (Fsp3) is 0. The summed E-state index contributed by atoms with van der Waals surface area (Å²) in [6.07, 6.45) is 0. The van der Waals surface area contributed by atoms with Gasteiger partial charge in [-0.2, -0.15) is 0 Å². The minimum Gasteiger partial charge on any atom is -0.744 e. The molecule has 0 aliphatic carbocycles. The average molecular weight is 410 g/mol. The Morgan fingerprint density at radius 3 is 2.43 bits per heavy atom. The molecule has 3 aromatic carbocycles. The van der Waals surface area contributed by atoms with E-state index in [0.29, 0.717) is 0 Å². The maximum atomic E-state index is 12.3. The summed E-state index contributed by atoms with van der Waals surface area (Å²) in [7, 11) is -4.77. The van der Waals surface area contributed by atoms with Crippen LogP contribution in [0.3, 0.4) is 0 Å². The van der Waals surface area contributed by atoms with Gasteiger partial charge in [0, 0.05) is 28.8 Å². The average Bonchev–Trinajstić information content (AvgIpc) is 2.60. The first-order valence-electron chi connectivity index (χ1n) is 7.43. The monoisotopic (exact) mass is 410 g/mol. The summed E-state index contributed by atoms with van der Waals surface area (Å²) in [6, 6.07) is 11.3. The first kappa shape index (κ1) is 21.8. The molecule has 2 N–H and O–H groups in total. The van der Waals surface area contributed by atoms with E-state index in [4.69, 9.17) is 0 Å². The first-order valence-corrected chi connectivity index (χ1v) is 8.84. The Morgan fingerprint density at radius 1 is 1.07 bits per heavy atom. The molecular formula is C17H11N2NaO7S. The Kier molecular flexibility index (Phi) is 6.42. The quantitative estimate of drug-likeness (QED) is 0.257. The number of phenolic OH excluding ortho intramolecular Hbond substituents is 1. The molecule has 0 bridgehead atoms. The third kappa shape index (κ3) is 4.66. The molecule has 0 unspecified atom stereocenters. The van der Waals surface area contributed by atoms with Gasteiger partial charge in [0.2, 0.25) is 0 Å². The number of fused-ring (bicyclic) bond motifs is 1. The second-order valence-electron chi connectivity index (χ2n) is 5.59. The van der Waals surface area contributed by atoms with Gasteiger partial charge in [0.15, 0.2) is 0 Å². The third-order valence-corrected chi connectivity index (χ3v) is 4.58. The summed E-state index contributed by atoms with van der Waals surface area (Å²) >= 11 is 0. The van der Waals surface area contributed by atoms with E-state index >= 15 is 0 Å². The van der Waals surface area contributed by atoms with Crippen molar-refractivity contribution in [1.29, 1.82) is 0 Å². The van der Waals surface area contributed by atoms with Gasteiger partial charge in [0.05, 0.1) is 9.82 Å². The standard InChI is InChI=1S/C17H12N2O7S.Na/c20-16-9-14(27(24,25)26)8-11-6-12(4-5-15(11)16)18-17(21)10-2-1-3-13(7-10)19(22)23;/h1-9,20H,(H,18,21)(H,24,25,26);/q;+1/p-1. The molecule has 0 heterocycles. The number of non-ortho nitro benzene ring substituents is 1. The van der Waals surface area contributed by atoms with E-state index in [1.807, 2.05) is 0 Å². The van der Waals surface area contributed by atoms with Gasteiger partial charge < -0.3 is 15.0 Å². The van der Waals surface area contributed by atoms with Crippen LogP contribution in [0.15, 0.2) is 59.5 Å². The second kappa shape index (κ2) is 8.25. The van der Waals surface area contributed by atoms with Crippen LogP contribution in [0.25, 0.3) is 10.8 Å². The minimum atomic E-state index is -4.77. The number of nitrogens with zero attached hydrogens (tertiary/aromatic N) is 1. The molecule has 138 valence electrons. The molecule has 0 fully saturated rings. The van der Waals surface area contributed by atoms with Crippen LogP contribution >= 0.6 is 0 Å². The minimum absolute atomic E-state index is 0. The molecule has 0 atom stereocenters. The van der Waals surface area contributed by atoms with Crippen molar-refractivity contribution in [2.24, 2.45) is 0 Å². The normalized spacial score (nSPS) is 10.9. The Labute approximate surface area is 181 Å². The van der Waals surface area contributed by atoms with Crippen LogP contribution in [-0.4, -0.2) is 28.9 Å². The molecule has 28 heavy (non-hydrogen) atoms. The van der Waals surface area contributed by atoms with Crippen molar-refractivity contribution < 1.29 is 57.4 Å². The molecule has 0 saturated heterocycles. The van der Waals surface area contributed by atoms with Gasteiger partial charge in [-0.15, -0.1) is 0 Å². The van der Waals surface area contributed by atoms with E-state index in [9.17, 15) is 33.0 Å². The molecule has 0 aromatic heterocycles. The zero-order chi connectivity index (χ0) is 19.8. The van der Waals surface area contributed by atoms with Crippen LogP contribution in [0, 0.1) is 10.1 Å². The Morgan fingerprint density at radius 2 is 1.79 bits per heavy atom. The summed E-state index contributed by atoms with van der Waals surface area (Å²) in [5.74, 6) is -1.01. The molecule has 0 aliphatic heterocycles. The van der Waals surface area contributed by atoms with Crippen LogP contribution in [-0.2, 0) is 10.1 Å². The van der Waals surface area contributed by atoms with Gasteiger partial charge in [-0.25, -0.2) is 8.42 Å². The predicted molar refractivity (Wildman–Crippen MR) is 94.6 cm³/mol. The van der Waals surface area contributed by atoms with Gasteiger partial charge in [-0.1, -0.05) is 6.07 Å². The number of carbonyl (C=O) groups is 1. The Bertz CT molecular complexity index is 1200. The van der Waals surface area contributed by atoms with Crippen LogP contribution in [0.4, 0.5) is 11.4 Å². The maximum absolute atomic E-state index is 12.3. The number of nitro groups is 1. The number of hydrogen-bond donors (Lipinski definition) is 2. The number of hydrogen-bond acceptors (Lipinski definition) is 7. The fourth-order valence-electron chi connectivity index (χ4n) is 2.51. The molecule has 1 amide bonds. The zero-order valence-electron chi connectivity index (χ0n) is 14.4. The Hall–Kier alpha value is -2.50. The van der Waals surface area contributed by atoms with Crippen molar-refractivity contribution in [3.8, 4) is 5.75 Å². The summed E-state index contributed by atoms with van der Waals surface area (Å²) in [5, 5.41) is 23.7. The largest absolute Gasteiger partial charge is 1.00 e. The van der Waals surface area contributed by atoms with Crippen molar-refractivity contribution in [2.45, 2.75) is 4.90 Å². The molecule has 0 spiro atoms. The van der Waals surface area contributed by atoms with Crippen molar-refractivity contribution in [1.82, 2.24) is 0 Å². The molecule has 9 nitrogen and oxygen atoms in total. The molecule has 0 aliphatic rings. The number of nitro benzene ring substituents is 1. The smallest absolute Gasteiger partial charge is 0.744 e. The number of rotatable bonds is 4. The Balaban J connectivity index is 0.00000280. The molecular weight excluding hydrogens is 399 g/mol. The van der Waals surface area contributed by atoms with Gasteiger partial charge in [0.25, 0.3) is 11.6 Å². The zero-order valence-corrected chi connectivity index (χ0v) is 17.3. The predicted octanol–water partition coefficient (Wildman–Crippen LogP) is -0.386.